The molecule has 9 nitrogen and oxygen atoms in total. The Labute approximate surface area is 208 Å². The molecule has 0 radical (unpaired) electrons. The Hall–Kier alpha value is -2.72. The standard InChI is InChI=1S/C24H32BrN7O2/c1-16(2)22(26)24(33)34-11-8-18-7-3-4-10-31(18)21-12-20(28-14-17-6-5-9-27-13-17)32-23(30-21)19(25)15-29-32/h5-6,9,12-13,15-16,18,22,28H,3-4,7-8,10-11,14,26H2,1-2H3/t18-,22-/m0/s1. The van der Waals surface area contributed by atoms with Crippen LogP contribution in [0.25, 0.3) is 5.65 Å². The summed E-state index contributed by atoms with van der Waals surface area (Å²) in [7, 11) is 0. The van der Waals surface area contributed by atoms with Gasteiger partial charge in [0.2, 0.25) is 0 Å². The summed E-state index contributed by atoms with van der Waals surface area (Å²) < 4.78 is 8.13. The minimum Gasteiger partial charge on any atom is -0.464 e. The fraction of sp³-hybridized carbons (Fsp3) is 0.500. The Balaban J connectivity index is 1.52. The fourth-order valence-electron chi connectivity index (χ4n) is 4.16. The second-order valence-corrected chi connectivity index (χ2v) is 9.87. The molecule has 4 heterocycles. The smallest absolute Gasteiger partial charge is 0.323 e. The van der Waals surface area contributed by atoms with Gasteiger partial charge in [0.15, 0.2) is 5.65 Å². The minimum atomic E-state index is -0.584. The first-order valence-electron chi connectivity index (χ1n) is 11.8. The molecule has 182 valence electrons. The highest BCUT2D eigenvalue weighted by molar-refractivity contribution is 9.10. The van der Waals surface area contributed by atoms with Crippen LogP contribution in [-0.2, 0) is 16.1 Å². The number of esters is 1. The van der Waals surface area contributed by atoms with Gasteiger partial charge in [-0.2, -0.15) is 9.61 Å². The number of fused-ring (bicyclic) bond motifs is 1. The number of aromatic nitrogens is 4. The number of nitrogens with zero attached hydrogens (tertiary/aromatic N) is 5. The Morgan fingerprint density at radius 1 is 1.35 bits per heavy atom. The maximum absolute atomic E-state index is 12.2. The lowest BCUT2D eigenvalue weighted by Gasteiger charge is -2.37. The lowest BCUT2D eigenvalue weighted by Crippen LogP contribution is -2.42. The maximum atomic E-state index is 12.2. The number of hydrogen-bond donors (Lipinski definition) is 2. The Kier molecular flexibility index (Phi) is 7.99. The summed E-state index contributed by atoms with van der Waals surface area (Å²) in [4.78, 5) is 23.6. The third kappa shape index (κ3) is 5.67. The molecule has 10 heteroatoms. The average molecular weight is 530 g/mol. The highest BCUT2D eigenvalue weighted by Gasteiger charge is 2.26. The van der Waals surface area contributed by atoms with Crippen molar-refractivity contribution in [3.8, 4) is 0 Å². The Bertz CT molecular complexity index is 1110. The summed E-state index contributed by atoms with van der Waals surface area (Å²) in [5.74, 6) is 1.47. The van der Waals surface area contributed by atoms with Crippen LogP contribution in [0.5, 0.6) is 0 Å². The van der Waals surface area contributed by atoms with E-state index in [-0.39, 0.29) is 17.9 Å². The summed E-state index contributed by atoms with van der Waals surface area (Å²) in [6.07, 6.45) is 9.37. The monoisotopic (exact) mass is 529 g/mol. The van der Waals surface area contributed by atoms with Gasteiger partial charge in [-0.05, 0) is 52.7 Å². The van der Waals surface area contributed by atoms with Crippen LogP contribution in [0.1, 0.15) is 45.1 Å². The van der Waals surface area contributed by atoms with Crippen molar-refractivity contribution >= 4 is 39.2 Å². The molecule has 1 fully saturated rings. The van der Waals surface area contributed by atoms with E-state index in [0.717, 1.165) is 59.5 Å². The topological polar surface area (TPSA) is 111 Å². The summed E-state index contributed by atoms with van der Waals surface area (Å²) in [5, 5.41) is 7.96. The minimum absolute atomic E-state index is 0.0568. The first-order valence-corrected chi connectivity index (χ1v) is 12.6. The van der Waals surface area contributed by atoms with Crippen LogP contribution in [0.3, 0.4) is 0 Å². The molecule has 34 heavy (non-hydrogen) atoms. The van der Waals surface area contributed by atoms with E-state index in [4.69, 9.17) is 15.5 Å². The molecule has 3 aromatic rings. The highest BCUT2D eigenvalue weighted by Crippen LogP contribution is 2.30. The van der Waals surface area contributed by atoms with Crippen LogP contribution in [0.15, 0.2) is 41.3 Å². The van der Waals surface area contributed by atoms with Gasteiger partial charge >= 0.3 is 5.97 Å². The van der Waals surface area contributed by atoms with E-state index in [0.29, 0.717) is 13.2 Å². The highest BCUT2D eigenvalue weighted by atomic mass is 79.9. The molecule has 0 aromatic carbocycles. The summed E-state index contributed by atoms with van der Waals surface area (Å²) in [6.45, 7) is 5.72. The molecule has 0 unspecified atom stereocenters. The van der Waals surface area contributed by atoms with Gasteiger partial charge in [0.1, 0.15) is 17.7 Å². The third-order valence-corrected chi connectivity index (χ3v) is 6.78. The quantitative estimate of drug-likeness (QED) is 0.403. The zero-order valence-corrected chi connectivity index (χ0v) is 21.2. The second kappa shape index (κ2) is 11.1. The number of rotatable bonds is 9. The van der Waals surface area contributed by atoms with Crippen LogP contribution in [0.2, 0.25) is 0 Å². The molecule has 1 saturated heterocycles. The van der Waals surface area contributed by atoms with Crippen LogP contribution in [0, 0.1) is 5.92 Å². The van der Waals surface area contributed by atoms with Crippen LogP contribution < -0.4 is 16.0 Å². The van der Waals surface area contributed by atoms with Crippen molar-refractivity contribution in [2.45, 2.75) is 58.2 Å². The normalized spacial score (nSPS) is 17.2. The van der Waals surface area contributed by atoms with Gasteiger partial charge in [0.05, 0.1) is 17.3 Å². The molecule has 1 aliphatic rings. The van der Waals surface area contributed by atoms with Crippen molar-refractivity contribution in [1.82, 2.24) is 19.6 Å². The zero-order valence-electron chi connectivity index (χ0n) is 19.7. The summed E-state index contributed by atoms with van der Waals surface area (Å²) >= 11 is 3.58. The number of pyridine rings is 1. The van der Waals surface area contributed by atoms with Gasteiger partial charge < -0.3 is 20.7 Å². The lowest BCUT2D eigenvalue weighted by molar-refractivity contribution is -0.146. The molecule has 0 amide bonds. The van der Waals surface area contributed by atoms with Gasteiger partial charge in [-0.25, -0.2) is 4.98 Å². The Morgan fingerprint density at radius 2 is 2.21 bits per heavy atom. The third-order valence-electron chi connectivity index (χ3n) is 6.22. The van der Waals surface area contributed by atoms with Crippen molar-refractivity contribution in [1.29, 1.82) is 0 Å². The summed E-state index contributed by atoms with van der Waals surface area (Å²) in [6, 6.07) is 5.65. The number of piperidine rings is 1. The molecule has 0 aliphatic carbocycles. The average Bonchev–Trinajstić information content (AvgIpc) is 3.23. The number of nitrogens with two attached hydrogens (primary N) is 1. The van der Waals surface area contributed by atoms with Gasteiger partial charge in [0.25, 0.3) is 0 Å². The number of carbonyl (C=O) groups excluding carboxylic acids is 1. The molecule has 0 bridgehead atoms. The SMILES string of the molecule is CC(C)[C@H](N)C(=O)OCC[C@@H]1CCCCN1c1cc(NCc2cccnc2)n2ncc(Br)c2n1. The fourth-order valence-corrected chi connectivity index (χ4v) is 4.51. The lowest BCUT2D eigenvalue weighted by atomic mass is 9.99. The van der Waals surface area contributed by atoms with E-state index < -0.39 is 6.04 Å². The van der Waals surface area contributed by atoms with Crippen molar-refractivity contribution < 1.29 is 9.53 Å². The molecule has 0 saturated carbocycles. The zero-order chi connectivity index (χ0) is 24.1. The van der Waals surface area contributed by atoms with Crippen molar-refractivity contribution in [3.05, 3.63) is 46.8 Å². The number of carbonyl (C=O) groups is 1. The van der Waals surface area contributed by atoms with Crippen LogP contribution >= 0.6 is 15.9 Å². The maximum Gasteiger partial charge on any atom is 0.323 e. The van der Waals surface area contributed by atoms with Crippen molar-refractivity contribution in [2.24, 2.45) is 11.7 Å². The second-order valence-electron chi connectivity index (χ2n) is 9.01. The molecule has 0 spiro atoms. The number of halogens is 1. The number of nitrogens with one attached hydrogen (secondary N) is 1. The van der Waals surface area contributed by atoms with E-state index in [1.54, 1.807) is 16.9 Å². The molecular formula is C24H32BrN7O2. The molecule has 1 aliphatic heterocycles. The van der Waals surface area contributed by atoms with E-state index in [1.807, 2.05) is 38.2 Å². The van der Waals surface area contributed by atoms with Crippen LogP contribution in [-0.4, -0.2) is 50.8 Å². The van der Waals surface area contributed by atoms with E-state index in [2.05, 4.69) is 36.2 Å². The van der Waals surface area contributed by atoms with E-state index >= 15 is 0 Å². The van der Waals surface area contributed by atoms with Gasteiger partial charge in [-0.1, -0.05) is 19.9 Å². The van der Waals surface area contributed by atoms with E-state index in [1.165, 1.54) is 0 Å². The number of ether oxygens (including phenoxy) is 1. The molecule has 3 aromatic heterocycles. The first kappa shape index (κ1) is 24.4. The van der Waals surface area contributed by atoms with Crippen molar-refractivity contribution in [2.75, 3.05) is 23.4 Å². The van der Waals surface area contributed by atoms with E-state index in [9.17, 15) is 4.79 Å². The largest absolute Gasteiger partial charge is 0.464 e. The number of hydrogen-bond acceptors (Lipinski definition) is 8. The van der Waals surface area contributed by atoms with Gasteiger partial charge in [0, 0.05) is 44.0 Å². The molecule has 3 N–H and O–H groups in total. The molecule has 4 rings (SSSR count). The predicted octanol–water partition coefficient (Wildman–Crippen LogP) is 3.77. The summed E-state index contributed by atoms with van der Waals surface area (Å²) in [5.41, 5.74) is 7.76. The van der Waals surface area contributed by atoms with Gasteiger partial charge in [-0.15, -0.1) is 0 Å². The first-order chi connectivity index (χ1) is 16.4. The van der Waals surface area contributed by atoms with Gasteiger partial charge in [-0.3, -0.25) is 9.78 Å². The molecular weight excluding hydrogens is 498 g/mol. The van der Waals surface area contributed by atoms with Crippen molar-refractivity contribution in [3.63, 3.8) is 0 Å². The number of anilines is 2. The van der Waals surface area contributed by atoms with Crippen LogP contribution in [0.4, 0.5) is 11.6 Å². The molecule has 2 atom stereocenters. The predicted molar refractivity (Wildman–Crippen MR) is 136 cm³/mol. The Morgan fingerprint density at radius 3 is 2.97 bits per heavy atom.